The molecule has 2 fully saturated rings. The Kier molecular flexibility index (Phi) is 10.9. The van der Waals surface area contributed by atoms with Crippen molar-refractivity contribution in [2.45, 2.75) is 110 Å². The fraction of sp³-hybridized carbons (Fsp3) is 0.514. The van der Waals surface area contributed by atoms with Crippen molar-refractivity contribution < 1.29 is 23.7 Å². The molecule has 3 aromatic rings. The third kappa shape index (κ3) is 8.52. The van der Waals surface area contributed by atoms with Gasteiger partial charge in [-0.05, 0) is 60.6 Å². The summed E-state index contributed by atoms with van der Waals surface area (Å²) in [5.74, 6) is 0.714. The number of benzene rings is 3. The van der Waals surface area contributed by atoms with Crippen LogP contribution >= 0.6 is 0 Å². The Morgan fingerprint density at radius 3 is 1.48 bits per heavy atom. The van der Waals surface area contributed by atoms with Gasteiger partial charge in [0.1, 0.15) is 18.3 Å². The standard InChI is InChI=1S/C37H48O5/c1-27-33(38-24-28-14-8-5-9-15-28)34(39-25-29-16-10-6-11-17-29)35(40-26-30-18-12-7-13-19-30)36(41-27)42-32-22-20-31(21-23-32)37(2,3)4/h5-19,27,31-36H,20-26H2,1-4H3/t27-,31?,32?,33+,34+,35-,36+/m1/s1. The van der Waals surface area contributed by atoms with Gasteiger partial charge in [0, 0.05) is 0 Å². The van der Waals surface area contributed by atoms with E-state index in [0.717, 1.165) is 29.5 Å². The molecule has 0 bridgehead atoms. The van der Waals surface area contributed by atoms with Gasteiger partial charge in [0.15, 0.2) is 6.29 Å². The first-order valence-electron chi connectivity index (χ1n) is 15.6. The molecule has 1 heterocycles. The van der Waals surface area contributed by atoms with E-state index in [9.17, 15) is 0 Å². The molecule has 3 aromatic carbocycles. The minimum Gasteiger partial charge on any atom is -0.368 e. The number of hydrogen-bond donors (Lipinski definition) is 0. The molecule has 5 heteroatoms. The second-order valence-electron chi connectivity index (χ2n) is 13.0. The fourth-order valence-corrected chi connectivity index (χ4v) is 6.23. The Labute approximate surface area is 252 Å². The van der Waals surface area contributed by atoms with Crippen molar-refractivity contribution in [3.05, 3.63) is 108 Å². The maximum absolute atomic E-state index is 6.78. The molecule has 226 valence electrons. The normalized spacial score (nSPS) is 28.4. The van der Waals surface area contributed by atoms with Crippen molar-refractivity contribution in [1.82, 2.24) is 0 Å². The smallest absolute Gasteiger partial charge is 0.187 e. The molecule has 1 aliphatic heterocycles. The maximum atomic E-state index is 6.78. The van der Waals surface area contributed by atoms with E-state index in [0.29, 0.717) is 31.2 Å². The zero-order valence-electron chi connectivity index (χ0n) is 25.7. The molecule has 1 saturated heterocycles. The predicted molar refractivity (Wildman–Crippen MR) is 166 cm³/mol. The highest BCUT2D eigenvalue weighted by Crippen LogP contribution is 2.40. The Bertz CT molecular complexity index is 1170. The molecule has 0 aromatic heterocycles. The number of rotatable bonds is 11. The summed E-state index contributed by atoms with van der Waals surface area (Å²) in [7, 11) is 0. The van der Waals surface area contributed by atoms with Gasteiger partial charge < -0.3 is 23.7 Å². The van der Waals surface area contributed by atoms with Crippen LogP contribution < -0.4 is 0 Å². The zero-order valence-corrected chi connectivity index (χ0v) is 25.7. The molecule has 42 heavy (non-hydrogen) atoms. The third-order valence-corrected chi connectivity index (χ3v) is 8.81. The van der Waals surface area contributed by atoms with Gasteiger partial charge >= 0.3 is 0 Å². The van der Waals surface area contributed by atoms with Crippen molar-refractivity contribution in [1.29, 1.82) is 0 Å². The zero-order chi connectivity index (χ0) is 29.4. The Morgan fingerprint density at radius 2 is 1.02 bits per heavy atom. The SMILES string of the molecule is C[C@H]1O[C@@H](OC2CCC(C(C)(C)C)CC2)[C@H](OCc2ccccc2)[C@@H](OCc2ccccc2)[C@H]1OCc1ccccc1. The quantitative estimate of drug-likeness (QED) is 0.232. The first-order chi connectivity index (χ1) is 20.4. The largest absolute Gasteiger partial charge is 0.368 e. The van der Waals surface area contributed by atoms with E-state index < -0.39 is 12.4 Å². The molecule has 0 spiro atoms. The average Bonchev–Trinajstić information content (AvgIpc) is 3.00. The highest BCUT2D eigenvalue weighted by atomic mass is 16.7. The molecule has 0 N–H and O–H groups in total. The van der Waals surface area contributed by atoms with Gasteiger partial charge in [-0.2, -0.15) is 0 Å². The van der Waals surface area contributed by atoms with E-state index in [4.69, 9.17) is 23.7 Å². The molecule has 0 unspecified atom stereocenters. The minimum absolute atomic E-state index is 0.139. The van der Waals surface area contributed by atoms with Gasteiger partial charge in [0.05, 0.1) is 32.0 Å². The lowest BCUT2D eigenvalue weighted by molar-refractivity contribution is -0.330. The summed E-state index contributed by atoms with van der Waals surface area (Å²) in [6.07, 6.45) is 2.61. The molecule has 1 aliphatic carbocycles. The lowest BCUT2D eigenvalue weighted by Gasteiger charge is -2.46. The lowest BCUT2D eigenvalue weighted by Crippen LogP contribution is -2.60. The summed E-state index contributed by atoms with van der Waals surface area (Å²) in [4.78, 5) is 0. The summed E-state index contributed by atoms with van der Waals surface area (Å²) in [6, 6.07) is 30.8. The second kappa shape index (κ2) is 14.8. The van der Waals surface area contributed by atoms with E-state index in [2.05, 4.69) is 64.1 Å². The van der Waals surface area contributed by atoms with Gasteiger partial charge in [0.25, 0.3) is 0 Å². The minimum atomic E-state index is -0.544. The Balaban J connectivity index is 1.36. The van der Waals surface area contributed by atoms with Crippen molar-refractivity contribution >= 4 is 0 Å². The first-order valence-corrected chi connectivity index (χ1v) is 15.6. The van der Waals surface area contributed by atoms with Gasteiger partial charge in [-0.25, -0.2) is 0 Å². The van der Waals surface area contributed by atoms with Crippen LogP contribution in [0.5, 0.6) is 0 Å². The van der Waals surface area contributed by atoms with E-state index >= 15 is 0 Å². The van der Waals surface area contributed by atoms with Crippen LogP contribution in [0.1, 0.15) is 70.1 Å². The van der Waals surface area contributed by atoms with Crippen LogP contribution in [0.3, 0.4) is 0 Å². The molecule has 0 radical (unpaired) electrons. The highest BCUT2D eigenvalue weighted by molar-refractivity contribution is 5.15. The van der Waals surface area contributed by atoms with Gasteiger partial charge in [0.2, 0.25) is 0 Å². The summed E-state index contributed by atoms with van der Waals surface area (Å²) >= 11 is 0. The van der Waals surface area contributed by atoms with Crippen LogP contribution in [-0.2, 0) is 43.5 Å². The summed E-state index contributed by atoms with van der Waals surface area (Å²) in [6.45, 7) is 10.5. The maximum Gasteiger partial charge on any atom is 0.187 e. The highest BCUT2D eigenvalue weighted by Gasteiger charge is 2.48. The van der Waals surface area contributed by atoms with Crippen molar-refractivity contribution in [2.24, 2.45) is 11.3 Å². The second-order valence-corrected chi connectivity index (χ2v) is 13.0. The monoisotopic (exact) mass is 572 g/mol. The van der Waals surface area contributed by atoms with E-state index in [1.807, 2.05) is 54.6 Å². The molecule has 5 rings (SSSR count). The van der Waals surface area contributed by atoms with Crippen molar-refractivity contribution in [2.75, 3.05) is 0 Å². The fourth-order valence-electron chi connectivity index (χ4n) is 6.23. The molecule has 5 atom stereocenters. The lowest BCUT2D eigenvalue weighted by atomic mass is 9.72. The van der Waals surface area contributed by atoms with Crippen LogP contribution in [0.25, 0.3) is 0 Å². The number of hydrogen-bond acceptors (Lipinski definition) is 5. The van der Waals surface area contributed by atoms with Crippen LogP contribution in [0.4, 0.5) is 0 Å². The topological polar surface area (TPSA) is 46.2 Å². The molecular formula is C37H48O5. The number of ether oxygens (including phenoxy) is 5. The van der Waals surface area contributed by atoms with Gasteiger partial charge in [-0.15, -0.1) is 0 Å². The van der Waals surface area contributed by atoms with Crippen LogP contribution in [0.2, 0.25) is 0 Å². The van der Waals surface area contributed by atoms with Gasteiger partial charge in [-0.1, -0.05) is 112 Å². The summed E-state index contributed by atoms with van der Waals surface area (Å²) in [5.41, 5.74) is 3.64. The Hall–Kier alpha value is -2.54. The molecular weight excluding hydrogens is 524 g/mol. The van der Waals surface area contributed by atoms with E-state index in [1.165, 1.54) is 12.8 Å². The van der Waals surface area contributed by atoms with Crippen LogP contribution in [0.15, 0.2) is 91.0 Å². The summed E-state index contributed by atoms with van der Waals surface area (Å²) < 4.78 is 33.3. The van der Waals surface area contributed by atoms with E-state index in [1.54, 1.807) is 0 Å². The van der Waals surface area contributed by atoms with E-state index in [-0.39, 0.29) is 24.4 Å². The molecule has 1 saturated carbocycles. The Morgan fingerprint density at radius 1 is 0.595 bits per heavy atom. The van der Waals surface area contributed by atoms with Crippen molar-refractivity contribution in [3.8, 4) is 0 Å². The van der Waals surface area contributed by atoms with Crippen LogP contribution in [0, 0.1) is 11.3 Å². The molecule has 2 aliphatic rings. The van der Waals surface area contributed by atoms with Crippen molar-refractivity contribution in [3.63, 3.8) is 0 Å². The predicted octanol–water partition coefficient (Wildman–Crippen LogP) is 8.11. The third-order valence-electron chi connectivity index (χ3n) is 8.81. The molecule has 5 nitrogen and oxygen atoms in total. The van der Waals surface area contributed by atoms with Crippen LogP contribution in [-0.4, -0.2) is 36.8 Å². The first kappa shape index (κ1) is 30.9. The van der Waals surface area contributed by atoms with Gasteiger partial charge in [-0.3, -0.25) is 0 Å². The average molecular weight is 573 g/mol. The molecule has 0 amide bonds. The summed E-state index contributed by atoms with van der Waals surface area (Å²) in [5, 5.41) is 0.